The molecule has 0 saturated carbocycles. The van der Waals surface area contributed by atoms with E-state index in [2.05, 4.69) is 20.8 Å². The molecule has 0 amide bonds. The average Bonchev–Trinajstić information content (AvgIpc) is 2.72. The lowest BCUT2D eigenvalue weighted by Crippen LogP contribution is -2.29. The van der Waals surface area contributed by atoms with Gasteiger partial charge in [-0.15, -0.1) is 0 Å². The van der Waals surface area contributed by atoms with E-state index in [1.165, 1.54) is 32.4 Å². The van der Waals surface area contributed by atoms with Gasteiger partial charge in [0.05, 0.1) is 6.54 Å². The highest BCUT2D eigenvalue weighted by molar-refractivity contribution is 4.81. The SMILES string of the molecule is Cc1noc(CNCCC2CCNCC2)n1. The van der Waals surface area contributed by atoms with E-state index in [0.29, 0.717) is 18.3 Å². The molecule has 1 aromatic heterocycles. The molecule has 1 aliphatic heterocycles. The predicted molar refractivity (Wildman–Crippen MR) is 61.0 cm³/mol. The van der Waals surface area contributed by atoms with Crippen molar-refractivity contribution in [3.8, 4) is 0 Å². The highest BCUT2D eigenvalue weighted by Crippen LogP contribution is 2.14. The van der Waals surface area contributed by atoms with Crippen LogP contribution in [0, 0.1) is 12.8 Å². The van der Waals surface area contributed by atoms with E-state index >= 15 is 0 Å². The Morgan fingerprint density at radius 2 is 2.25 bits per heavy atom. The van der Waals surface area contributed by atoms with Crippen LogP contribution >= 0.6 is 0 Å². The van der Waals surface area contributed by atoms with Gasteiger partial charge in [0, 0.05) is 0 Å². The maximum atomic E-state index is 5.02. The molecule has 0 unspecified atom stereocenters. The maximum Gasteiger partial charge on any atom is 0.240 e. The highest BCUT2D eigenvalue weighted by atomic mass is 16.5. The third kappa shape index (κ3) is 3.57. The molecule has 2 N–H and O–H groups in total. The van der Waals surface area contributed by atoms with E-state index in [0.717, 1.165) is 12.5 Å². The van der Waals surface area contributed by atoms with Gasteiger partial charge in [-0.1, -0.05) is 5.16 Å². The number of nitrogens with one attached hydrogen (secondary N) is 2. The molecule has 2 rings (SSSR count). The van der Waals surface area contributed by atoms with Crippen LogP contribution in [0.2, 0.25) is 0 Å². The van der Waals surface area contributed by atoms with Crippen molar-refractivity contribution in [1.29, 1.82) is 0 Å². The lowest BCUT2D eigenvalue weighted by atomic mass is 9.95. The van der Waals surface area contributed by atoms with Gasteiger partial charge >= 0.3 is 0 Å². The molecule has 5 heteroatoms. The van der Waals surface area contributed by atoms with Crippen molar-refractivity contribution in [2.75, 3.05) is 19.6 Å². The van der Waals surface area contributed by atoms with E-state index in [1.807, 2.05) is 6.92 Å². The Morgan fingerprint density at radius 1 is 1.44 bits per heavy atom. The summed E-state index contributed by atoms with van der Waals surface area (Å²) in [6, 6.07) is 0. The fourth-order valence-corrected chi connectivity index (χ4v) is 2.08. The summed E-state index contributed by atoms with van der Waals surface area (Å²) >= 11 is 0. The molecule has 90 valence electrons. The van der Waals surface area contributed by atoms with Gasteiger partial charge in [-0.05, 0) is 51.7 Å². The Morgan fingerprint density at radius 3 is 2.94 bits per heavy atom. The van der Waals surface area contributed by atoms with Crippen molar-refractivity contribution >= 4 is 0 Å². The number of aryl methyl sites for hydroxylation is 1. The van der Waals surface area contributed by atoms with E-state index in [-0.39, 0.29) is 0 Å². The zero-order valence-corrected chi connectivity index (χ0v) is 9.83. The molecule has 1 fully saturated rings. The quantitative estimate of drug-likeness (QED) is 0.726. The molecule has 0 atom stereocenters. The van der Waals surface area contributed by atoms with Gasteiger partial charge < -0.3 is 15.2 Å². The lowest BCUT2D eigenvalue weighted by molar-refractivity contribution is 0.335. The molecular weight excluding hydrogens is 204 g/mol. The molecule has 2 heterocycles. The van der Waals surface area contributed by atoms with E-state index < -0.39 is 0 Å². The Hall–Kier alpha value is -0.940. The van der Waals surface area contributed by atoms with Gasteiger partial charge in [0.1, 0.15) is 0 Å². The van der Waals surface area contributed by atoms with Crippen LogP contribution in [-0.4, -0.2) is 29.8 Å². The zero-order chi connectivity index (χ0) is 11.2. The summed E-state index contributed by atoms with van der Waals surface area (Å²) in [5.41, 5.74) is 0. The summed E-state index contributed by atoms with van der Waals surface area (Å²) in [4.78, 5) is 4.14. The van der Waals surface area contributed by atoms with Crippen LogP contribution in [0.15, 0.2) is 4.52 Å². The van der Waals surface area contributed by atoms with Gasteiger partial charge in [0.25, 0.3) is 0 Å². The van der Waals surface area contributed by atoms with Gasteiger partial charge in [-0.3, -0.25) is 0 Å². The third-order valence-corrected chi connectivity index (χ3v) is 3.03. The zero-order valence-electron chi connectivity index (χ0n) is 9.83. The Balaban J connectivity index is 1.57. The van der Waals surface area contributed by atoms with Crippen molar-refractivity contribution in [1.82, 2.24) is 20.8 Å². The standard InChI is InChI=1S/C11H20N4O/c1-9-14-11(16-15-9)8-13-7-4-10-2-5-12-6-3-10/h10,12-13H,2-8H2,1H3. The fourth-order valence-electron chi connectivity index (χ4n) is 2.08. The summed E-state index contributed by atoms with van der Waals surface area (Å²) in [6.07, 6.45) is 3.86. The monoisotopic (exact) mass is 224 g/mol. The van der Waals surface area contributed by atoms with Crippen molar-refractivity contribution in [3.05, 3.63) is 11.7 Å². The van der Waals surface area contributed by atoms with Crippen molar-refractivity contribution in [3.63, 3.8) is 0 Å². The first kappa shape index (κ1) is 11.5. The topological polar surface area (TPSA) is 63.0 Å². The largest absolute Gasteiger partial charge is 0.338 e. The molecule has 0 spiro atoms. The Kier molecular flexibility index (Phi) is 4.30. The van der Waals surface area contributed by atoms with Gasteiger partial charge in [-0.25, -0.2) is 0 Å². The first-order chi connectivity index (χ1) is 7.84. The number of rotatable bonds is 5. The normalized spacial score (nSPS) is 17.8. The summed E-state index contributed by atoms with van der Waals surface area (Å²) in [5, 5.41) is 10.5. The first-order valence-corrected chi connectivity index (χ1v) is 6.05. The van der Waals surface area contributed by atoms with Gasteiger partial charge in [-0.2, -0.15) is 4.98 Å². The molecule has 1 aromatic rings. The third-order valence-electron chi connectivity index (χ3n) is 3.03. The van der Waals surface area contributed by atoms with Crippen LogP contribution in [-0.2, 0) is 6.54 Å². The second kappa shape index (κ2) is 5.96. The first-order valence-electron chi connectivity index (χ1n) is 6.05. The number of nitrogens with zero attached hydrogens (tertiary/aromatic N) is 2. The fraction of sp³-hybridized carbons (Fsp3) is 0.818. The maximum absolute atomic E-state index is 5.02. The minimum atomic E-state index is 0.683. The molecule has 1 saturated heterocycles. The molecule has 5 nitrogen and oxygen atoms in total. The summed E-state index contributed by atoms with van der Waals surface area (Å²) in [5.74, 6) is 2.26. The van der Waals surface area contributed by atoms with E-state index in [1.54, 1.807) is 0 Å². The van der Waals surface area contributed by atoms with E-state index in [9.17, 15) is 0 Å². The van der Waals surface area contributed by atoms with Crippen molar-refractivity contribution in [2.45, 2.75) is 32.7 Å². The van der Waals surface area contributed by atoms with Crippen LogP contribution in [0.1, 0.15) is 31.0 Å². The summed E-state index contributed by atoms with van der Waals surface area (Å²) in [6.45, 7) is 5.90. The van der Waals surface area contributed by atoms with Gasteiger partial charge in [0.2, 0.25) is 5.89 Å². The number of hydrogen-bond acceptors (Lipinski definition) is 5. The minimum absolute atomic E-state index is 0.683. The van der Waals surface area contributed by atoms with Crippen molar-refractivity contribution in [2.24, 2.45) is 5.92 Å². The minimum Gasteiger partial charge on any atom is -0.338 e. The Bertz CT molecular complexity index is 307. The highest BCUT2D eigenvalue weighted by Gasteiger charge is 2.12. The molecule has 0 aromatic carbocycles. The van der Waals surface area contributed by atoms with Crippen LogP contribution in [0.5, 0.6) is 0 Å². The van der Waals surface area contributed by atoms with Crippen LogP contribution < -0.4 is 10.6 Å². The second-order valence-corrected chi connectivity index (χ2v) is 4.39. The van der Waals surface area contributed by atoms with Crippen molar-refractivity contribution < 1.29 is 4.52 Å². The summed E-state index contributed by atoms with van der Waals surface area (Å²) in [7, 11) is 0. The number of hydrogen-bond donors (Lipinski definition) is 2. The number of piperidine rings is 1. The smallest absolute Gasteiger partial charge is 0.240 e. The predicted octanol–water partition coefficient (Wildman–Crippen LogP) is 0.857. The lowest BCUT2D eigenvalue weighted by Gasteiger charge is -2.22. The van der Waals surface area contributed by atoms with Crippen LogP contribution in [0.4, 0.5) is 0 Å². The van der Waals surface area contributed by atoms with E-state index in [4.69, 9.17) is 4.52 Å². The average molecular weight is 224 g/mol. The second-order valence-electron chi connectivity index (χ2n) is 4.39. The molecule has 0 bridgehead atoms. The summed E-state index contributed by atoms with van der Waals surface area (Å²) < 4.78 is 5.02. The molecule has 16 heavy (non-hydrogen) atoms. The van der Waals surface area contributed by atoms with Gasteiger partial charge in [0.15, 0.2) is 5.82 Å². The Labute approximate surface area is 96.0 Å². The molecule has 0 radical (unpaired) electrons. The van der Waals surface area contributed by atoms with Crippen LogP contribution in [0.3, 0.4) is 0 Å². The number of aromatic nitrogens is 2. The molecule has 0 aliphatic carbocycles. The van der Waals surface area contributed by atoms with Crippen LogP contribution in [0.25, 0.3) is 0 Å². The molecular formula is C11H20N4O. The molecule has 1 aliphatic rings.